The minimum Gasteiger partial charge on any atom is -0.400 e. The van der Waals surface area contributed by atoms with Crippen molar-refractivity contribution in [3.8, 4) is 0 Å². The van der Waals surface area contributed by atoms with Gasteiger partial charge in [0.1, 0.15) is 12.1 Å². The van der Waals surface area contributed by atoms with Gasteiger partial charge >= 0.3 is 0 Å². The van der Waals surface area contributed by atoms with E-state index in [0.717, 1.165) is 30.8 Å². The molecule has 0 aliphatic rings. The Kier molecular flexibility index (Phi) is 7.06. The van der Waals surface area contributed by atoms with Gasteiger partial charge in [0.2, 0.25) is 10.0 Å². The molecule has 0 aliphatic heterocycles. The quantitative estimate of drug-likeness (QED) is 0.809. The number of hydrogen-bond donors (Lipinski definition) is 2. The third kappa shape index (κ3) is 5.43. The molecule has 2 aromatic carbocycles. The first kappa shape index (κ1) is 19.8. The van der Waals surface area contributed by atoms with Gasteiger partial charge in [-0.25, -0.2) is 12.8 Å². The fourth-order valence-electron chi connectivity index (χ4n) is 2.22. The second-order valence-corrected chi connectivity index (χ2v) is 6.89. The Morgan fingerprint density at radius 3 is 2.25 bits per heavy atom. The van der Waals surface area contributed by atoms with E-state index in [2.05, 4.69) is 4.72 Å². The third-order valence-electron chi connectivity index (χ3n) is 3.18. The summed E-state index contributed by atoms with van der Waals surface area (Å²) in [5.41, 5.74) is 2.09. The van der Waals surface area contributed by atoms with Crippen LogP contribution in [0.4, 0.5) is 10.1 Å². The summed E-state index contributed by atoms with van der Waals surface area (Å²) in [6.07, 6.45) is 1.69. The molecule has 0 saturated heterocycles. The average molecular weight is 353 g/mol. The highest BCUT2D eigenvalue weighted by atomic mass is 32.2. The van der Waals surface area contributed by atoms with Gasteiger partial charge in [-0.2, -0.15) is 0 Å². The monoisotopic (exact) mass is 353 g/mol. The molecule has 0 aromatic heterocycles. The first-order chi connectivity index (χ1) is 11.3. The molecular formula is C17H20FNO4S. The number of hydrogen-bond acceptors (Lipinski definition) is 4. The van der Waals surface area contributed by atoms with Gasteiger partial charge in [0.05, 0.1) is 17.9 Å². The minimum atomic E-state index is -3.56. The number of nitrogens with one attached hydrogen (secondary N) is 1. The maximum atomic E-state index is 14.0. The van der Waals surface area contributed by atoms with Crippen LogP contribution in [-0.4, -0.2) is 33.2 Å². The van der Waals surface area contributed by atoms with Crippen molar-refractivity contribution in [3.63, 3.8) is 0 Å². The number of rotatable bonds is 5. The number of benzene rings is 2. The van der Waals surface area contributed by atoms with Crippen molar-refractivity contribution < 1.29 is 22.7 Å². The molecule has 0 aliphatic carbocycles. The summed E-state index contributed by atoms with van der Waals surface area (Å²) in [5.74, 6) is -1.32. The zero-order chi connectivity index (χ0) is 18.3. The summed E-state index contributed by atoms with van der Waals surface area (Å²) in [6, 6.07) is 11.4. The molecule has 1 unspecified atom stereocenters. The molecular weight excluding hydrogens is 333 g/mol. The number of carbonyl (C=O) groups is 1. The molecule has 2 N–H and O–H groups in total. The summed E-state index contributed by atoms with van der Waals surface area (Å²) in [7, 11) is -2.56. The Morgan fingerprint density at radius 2 is 1.75 bits per heavy atom. The van der Waals surface area contributed by atoms with Crippen LogP contribution in [0.2, 0.25) is 0 Å². The maximum absolute atomic E-state index is 14.0. The Balaban J connectivity index is 0.00000139. The lowest BCUT2D eigenvalue weighted by atomic mass is 9.91. The second-order valence-electron chi connectivity index (χ2n) is 5.14. The maximum Gasteiger partial charge on any atom is 0.229 e. The molecule has 2 rings (SSSR count). The van der Waals surface area contributed by atoms with Crippen molar-refractivity contribution in [1.82, 2.24) is 0 Å². The van der Waals surface area contributed by atoms with Crippen molar-refractivity contribution in [1.29, 1.82) is 0 Å². The van der Waals surface area contributed by atoms with E-state index in [0.29, 0.717) is 5.56 Å². The van der Waals surface area contributed by atoms with Crippen LogP contribution in [0.5, 0.6) is 0 Å². The van der Waals surface area contributed by atoms with Gasteiger partial charge in [-0.1, -0.05) is 35.9 Å². The lowest BCUT2D eigenvalue weighted by molar-refractivity contribution is -0.108. The molecule has 0 amide bonds. The predicted octanol–water partition coefficient (Wildman–Crippen LogP) is 2.44. The normalized spacial score (nSPS) is 11.9. The van der Waals surface area contributed by atoms with Crippen LogP contribution in [-0.2, 0) is 14.8 Å². The number of aliphatic hydroxyl groups is 1. The number of carbonyl (C=O) groups excluding carboxylic acids is 1. The first-order valence-electron chi connectivity index (χ1n) is 7.04. The Bertz CT molecular complexity index is 806. The van der Waals surface area contributed by atoms with E-state index in [9.17, 15) is 17.6 Å². The highest BCUT2D eigenvalue weighted by Gasteiger charge is 2.16. The fourth-order valence-corrected chi connectivity index (χ4v) is 2.79. The molecule has 0 fully saturated rings. The standard InChI is InChI=1S/C16H16FNO3S.CH4O/c1-11-4-3-5-12(8-11)14(10-19)13-6-7-16(15(17)9-13)18-22(2,20)21;1-2/h3-10,14,18H,1-2H3;2H,1H3. The average Bonchev–Trinajstić information content (AvgIpc) is 2.52. The largest absolute Gasteiger partial charge is 0.400 e. The number of halogens is 1. The van der Waals surface area contributed by atoms with E-state index in [1.165, 1.54) is 18.2 Å². The van der Waals surface area contributed by atoms with Crippen LogP contribution in [0.25, 0.3) is 0 Å². The summed E-state index contributed by atoms with van der Waals surface area (Å²) in [4.78, 5) is 11.4. The van der Waals surface area contributed by atoms with Crippen LogP contribution in [0, 0.1) is 12.7 Å². The molecule has 0 spiro atoms. The fraction of sp³-hybridized carbons (Fsp3) is 0.235. The third-order valence-corrected chi connectivity index (χ3v) is 3.78. The van der Waals surface area contributed by atoms with E-state index in [1.807, 2.05) is 25.1 Å². The highest BCUT2D eigenvalue weighted by Crippen LogP contribution is 2.26. The van der Waals surface area contributed by atoms with Crippen molar-refractivity contribution in [3.05, 3.63) is 65.0 Å². The smallest absolute Gasteiger partial charge is 0.229 e. The predicted molar refractivity (Wildman–Crippen MR) is 92.1 cm³/mol. The van der Waals surface area contributed by atoms with Gasteiger partial charge in [0, 0.05) is 7.11 Å². The molecule has 1 atom stereocenters. The molecule has 0 heterocycles. The molecule has 2 aromatic rings. The number of aldehydes is 1. The topological polar surface area (TPSA) is 83.5 Å². The van der Waals surface area contributed by atoms with Gasteiger partial charge in [-0.15, -0.1) is 0 Å². The molecule has 130 valence electrons. The van der Waals surface area contributed by atoms with Crippen molar-refractivity contribution in [2.24, 2.45) is 0 Å². The highest BCUT2D eigenvalue weighted by molar-refractivity contribution is 7.92. The Morgan fingerprint density at radius 1 is 1.12 bits per heavy atom. The molecule has 24 heavy (non-hydrogen) atoms. The van der Waals surface area contributed by atoms with Crippen molar-refractivity contribution >= 4 is 22.0 Å². The molecule has 0 radical (unpaired) electrons. The van der Waals surface area contributed by atoms with E-state index in [1.54, 1.807) is 6.07 Å². The van der Waals surface area contributed by atoms with Crippen LogP contribution in [0.1, 0.15) is 22.6 Å². The van der Waals surface area contributed by atoms with Gasteiger partial charge in [0.15, 0.2) is 0 Å². The Hall–Kier alpha value is -2.25. The number of sulfonamides is 1. The lowest BCUT2D eigenvalue weighted by Gasteiger charge is -2.13. The van der Waals surface area contributed by atoms with E-state index < -0.39 is 21.8 Å². The molecule has 0 saturated carbocycles. The first-order valence-corrected chi connectivity index (χ1v) is 8.93. The SMILES string of the molecule is CO.Cc1cccc(C(C=O)c2ccc(NS(C)(=O)=O)c(F)c2)c1. The van der Waals surface area contributed by atoms with E-state index in [-0.39, 0.29) is 5.69 Å². The van der Waals surface area contributed by atoms with Gasteiger partial charge in [0.25, 0.3) is 0 Å². The summed E-state index contributed by atoms with van der Waals surface area (Å²) >= 11 is 0. The number of aryl methyl sites for hydroxylation is 1. The van der Waals surface area contributed by atoms with Gasteiger partial charge < -0.3 is 9.90 Å². The van der Waals surface area contributed by atoms with Gasteiger partial charge in [-0.05, 0) is 30.2 Å². The minimum absolute atomic E-state index is 0.139. The number of anilines is 1. The zero-order valence-electron chi connectivity index (χ0n) is 13.7. The van der Waals surface area contributed by atoms with E-state index in [4.69, 9.17) is 5.11 Å². The second kappa shape index (κ2) is 8.56. The van der Waals surface area contributed by atoms with Crippen LogP contribution >= 0.6 is 0 Å². The summed E-state index contributed by atoms with van der Waals surface area (Å²) in [5, 5.41) is 7.00. The van der Waals surface area contributed by atoms with Crippen LogP contribution in [0.3, 0.4) is 0 Å². The van der Waals surface area contributed by atoms with Crippen molar-refractivity contribution in [2.75, 3.05) is 18.1 Å². The number of aliphatic hydroxyl groups excluding tert-OH is 1. The zero-order valence-corrected chi connectivity index (χ0v) is 14.5. The van der Waals surface area contributed by atoms with Crippen molar-refractivity contribution in [2.45, 2.75) is 12.8 Å². The molecule has 5 nitrogen and oxygen atoms in total. The van der Waals surface area contributed by atoms with Crippen LogP contribution in [0.15, 0.2) is 42.5 Å². The Labute approximate surface area is 141 Å². The summed E-state index contributed by atoms with van der Waals surface area (Å²) in [6.45, 7) is 1.91. The lowest BCUT2D eigenvalue weighted by Crippen LogP contribution is -2.11. The molecule has 7 heteroatoms. The van der Waals surface area contributed by atoms with Crippen LogP contribution < -0.4 is 4.72 Å². The van der Waals surface area contributed by atoms with E-state index >= 15 is 0 Å². The summed E-state index contributed by atoms with van der Waals surface area (Å²) < 4.78 is 38.4. The molecule has 0 bridgehead atoms. The van der Waals surface area contributed by atoms with Gasteiger partial charge in [-0.3, -0.25) is 4.72 Å².